The van der Waals surface area contributed by atoms with Gasteiger partial charge in [0, 0.05) is 11.3 Å². The lowest BCUT2D eigenvalue weighted by Crippen LogP contribution is -2.32. The second-order valence-corrected chi connectivity index (χ2v) is 5.76. The van der Waals surface area contributed by atoms with E-state index < -0.39 is 22.2 Å². The zero-order chi connectivity index (χ0) is 15.3. The van der Waals surface area contributed by atoms with Gasteiger partial charge in [0.2, 0.25) is 0 Å². The summed E-state index contributed by atoms with van der Waals surface area (Å²) in [6.45, 7) is 4.43. The number of nitro groups is 1. The quantitative estimate of drug-likeness (QED) is 0.605. The molecule has 4 nitrogen and oxygen atoms in total. The normalized spacial score (nSPS) is 11.4. The molecule has 7 heteroatoms. The number of rotatable bonds is 7. The molecule has 0 aliphatic carbocycles. The van der Waals surface area contributed by atoms with Crippen LogP contribution in [0.5, 0.6) is 0 Å². The number of nitrogens with one attached hydrogen (secondary N) is 1. The van der Waals surface area contributed by atoms with E-state index in [4.69, 9.17) is 0 Å². The van der Waals surface area contributed by atoms with Crippen molar-refractivity contribution in [2.75, 3.05) is 18.1 Å². The first-order valence-corrected chi connectivity index (χ1v) is 7.54. The molecule has 0 aliphatic heterocycles. The summed E-state index contributed by atoms with van der Waals surface area (Å²) in [6, 6.07) is 1.45. The summed E-state index contributed by atoms with van der Waals surface area (Å²) < 4.78 is 27.4. The number of benzene rings is 1. The number of nitrogens with zero attached hydrogens (tertiary/aromatic N) is 1. The van der Waals surface area contributed by atoms with Crippen LogP contribution >= 0.6 is 11.8 Å². The van der Waals surface area contributed by atoms with Crippen molar-refractivity contribution >= 4 is 23.1 Å². The van der Waals surface area contributed by atoms with Crippen LogP contribution in [0.4, 0.5) is 20.2 Å². The maximum absolute atomic E-state index is 13.7. The van der Waals surface area contributed by atoms with Gasteiger partial charge in [0.1, 0.15) is 5.69 Å². The number of halogens is 2. The molecule has 0 aromatic heterocycles. The highest BCUT2D eigenvalue weighted by Crippen LogP contribution is 2.32. The van der Waals surface area contributed by atoms with Crippen LogP contribution in [0.3, 0.4) is 0 Å². The molecule has 1 aromatic carbocycles. The smallest absolute Gasteiger partial charge is 0.275 e. The molecule has 0 aliphatic rings. The Bertz CT molecular complexity index is 462. The topological polar surface area (TPSA) is 55.2 Å². The molecule has 0 bridgehead atoms. The predicted octanol–water partition coefficient (Wildman–Crippen LogP) is 4.21. The number of hydrogen-bond donors (Lipinski definition) is 1. The highest BCUT2D eigenvalue weighted by atomic mass is 32.2. The van der Waals surface area contributed by atoms with E-state index >= 15 is 0 Å². The van der Waals surface area contributed by atoms with Crippen molar-refractivity contribution in [3.8, 4) is 0 Å². The third kappa shape index (κ3) is 3.59. The molecule has 0 fully saturated rings. The summed E-state index contributed by atoms with van der Waals surface area (Å²) in [5.41, 5.74) is -0.899. The molecule has 1 aromatic rings. The highest BCUT2D eigenvalue weighted by Gasteiger charge is 2.26. The molecule has 20 heavy (non-hydrogen) atoms. The summed E-state index contributed by atoms with van der Waals surface area (Å²) in [5, 5.41) is 13.3. The summed E-state index contributed by atoms with van der Waals surface area (Å²) in [5.74, 6) is -1.89. The third-order valence-corrected chi connectivity index (χ3v) is 5.13. The van der Waals surface area contributed by atoms with Crippen molar-refractivity contribution in [3.63, 3.8) is 0 Å². The second-order valence-electron chi connectivity index (χ2n) is 4.49. The van der Waals surface area contributed by atoms with Gasteiger partial charge in [0.25, 0.3) is 5.69 Å². The van der Waals surface area contributed by atoms with Crippen LogP contribution in [-0.4, -0.2) is 22.5 Å². The van der Waals surface area contributed by atoms with E-state index in [9.17, 15) is 18.9 Å². The van der Waals surface area contributed by atoms with Crippen molar-refractivity contribution in [1.29, 1.82) is 0 Å². The molecule has 0 saturated heterocycles. The number of anilines is 1. The average Bonchev–Trinajstić information content (AvgIpc) is 2.42. The molecule has 0 heterocycles. The Balaban J connectivity index is 2.96. The van der Waals surface area contributed by atoms with E-state index in [0.717, 1.165) is 25.0 Å². The lowest BCUT2D eigenvalue weighted by Gasteiger charge is -2.30. The van der Waals surface area contributed by atoms with Crippen molar-refractivity contribution in [2.45, 2.75) is 31.4 Å². The van der Waals surface area contributed by atoms with Crippen LogP contribution in [0.15, 0.2) is 12.1 Å². The van der Waals surface area contributed by atoms with Crippen LogP contribution in [0.2, 0.25) is 0 Å². The molecule has 1 N–H and O–H groups in total. The largest absolute Gasteiger partial charge is 0.379 e. The van der Waals surface area contributed by atoms with E-state index in [2.05, 4.69) is 5.32 Å². The van der Waals surface area contributed by atoms with Crippen molar-refractivity contribution in [2.24, 2.45) is 0 Å². The van der Waals surface area contributed by atoms with Gasteiger partial charge >= 0.3 is 0 Å². The maximum Gasteiger partial charge on any atom is 0.275 e. The lowest BCUT2D eigenvalue weighted by atomic mass is 10.0. The Morgan fingerprint density at radius 3 is 2.15 bits per heavy atom. The van der Waals surface area contributed by atoms with Crippen LogP contribution in [0, 0.1) is 21.7 Å². The van der Waals surface area contributed by atoms with E-state index in [0.29, 0.717) is 6.54 Å². The minimum Gasteiger partial charge on any atom is -0.379 e. The standard InChI is InChI=1S/C13H18F2N2O2S/c1-4-13(5-2,20-3)8-16-12-10(14)6-9(17(18)19)7-11(12)15/h6-7,16H,4-5,8H2,1-3H3. The number of thioether (sulfide) groups is 1. The van der Waals surface area contributed by atoms with Crippen LogP contribution < -0.4 is 5.32 Å². The van der Waals surface area contributed by atoms with E-state index in [-0.39, 0.29) is 10.4 Å². The van der Waals surface area contributed by atoms with E-state index in [1.807, 2.05) is 20.1 Å². The van der Waals surface area contributed by atoms with Gasteiger partial charge in [0.05, 0.1) is 17.1 Å². The first-order valence-electron chi connectivity index (χ1n) is 6.31. The SMILES string of the molecule is CCC(CC)(CNc1c(F)cc([N+](=O)[O-])cc1F)SC. The van der Waals surface area contributed by atoms with Gasteiger partial charge in [-0.2, -0.15) is 11.8 Å². The molecule has 0 saturated carbocycles. The Labute approximate surface area is 121 Å². The molecule has 0 unspecified atom stereocenters. The summed E-state index contributed by atoms with van der Waals surface area (Å²) in [6.07, 6.45) is 3.67. The van der Waals surface area contributed by atoms with Crippen LogP contribution in [0.1, 0.15) is 26.7 Å². The molecule has 112 valence electrons. The monoisotopic (exact) mass is 304 g/mol. The first-order chi connectivity index (χ1) is 9.39. The van der Waals surface area contributed by atoms with Crippen molar-refractivity contribution in [1.82, 2.24) is 0 Å². The minimum atomic E-state index is -0.945. The van der Waals surface area contributed by atoms with Crippen molar-refractivity contribution < 1.29 is 13.7 Å². The zero-order valence-electron chi connectivity index (χ0n) is 11.7. The maximum atomic E-state index is 13.7. The van der Waals surface area contributed by atoms with Gasteiger partial charge in [-0.3, -0.25) is 10.1 Å². The average molecular weight is 304 g/mol. The predicted molar refractivity (Wildman–Crippen MR) is 78.3 cm³/mol. The Hall–Kier alpha value is -1.37. The lowest BCUT2D eigenvalue weighted by molar-refractivity contribution is -0.385. The summed E-state index contributed by atoms with van der Waals surface area (Å²) in [7, 11) is 0. The van der Waals surface area contributed by atoms with Gasteiger partial charge in [-0.25, -0.2) is 8.78 Å². The Kier molecular flexibility index (Phi) is 5.74. The first kappa shape index (κ1) is 16.7. The number of hydrogen-bond acceptors (Lipinski definition) is 4. The van der Waals surface area contributed by atoms with E-state index in [1.54, 1.807) is 11.8 Å². The van der Waals surface area contributed by atoms with Gasteiger partial charge in [-0.1, -0.05) is 13.8 Å². The Morgan fingerprint density at radius 1 is 1.30 bits per heavy atom. The minimum absolute atomic E-state index is 0.110. The summed E-state index contributed by atoms with van der Waals surface area (Å²) >= 11 is 1.64. The molecule has 0 radical (unpaired) electrons. The fourth-order valence-corrected chi connectivity index (χ4v) is 2.74. The van der Waals surface area contributed by atoms with Gasteiger partial charge in [-0.15, -0.1) is 0 Å². The Morgan fingerprint density at radius 2 is 1.80 bits per heavy atom. The van der Waals surface area contributed by atoms with Gasteiger partial charge in [0.15, 0.2) is 11.6 Å². The second kappa shape index (κ2) is 6.88. The molecule has 1 rings (SSSR count). The molecule has 0 amide bonds. The summed E-state index contributed by atoms with van der Waals surface area (Å²) in [4.78, 5) is 9.70. The van der Waals surface area contributed by atoms with E-state index in [1.165, 1.54) is 0 Å². The van der Waals surface area contributed by atoms with Gasteiger partial charge in [-0.05, 0) is 19.1 Å². The molecular formula is C13H18F2N2O2S. The fourth-order valence-electron chi connectivity index (χ4n) is 1.94. The highest BCUT2D eigenvalue weighted by molar-refractivity contribution is 8.00. The van der Waals surface area contributed by atoms with Crippen molar-refractivity contribution in [3.05, 3.63) is 33.9 Å². The zero-order valence-corrected chi connectivity index (χ0v) is 12.5. The number of nitro benzene ring substituents is 1. The van der Waals surface area contributed by atoms with Crippen LogP contribution in [-0.2, 0) is 0 Å². The number of non-ortho nitro benzene ring substituents is 1. The molecule has 0 spiro atoms. The van der Waals surface area contributed by atoms with Gasteiger partial charge < -0.3 is 5.32 Å². The third-order valence-electron chi connectivity index (χ3n) is 3.55. The molecule has 0 atom stereocenters. The van der Waals surface area contributed by atoms with Crippen LogP contribution in [0.25, 0.3) is 0 Å². The molecular weight excluding hydrogens is 286 g/mol. The fraction of sp³-hybridized carbons (Fsp3) is 0.538.